The van der Waals surface area contributed by atoms with Crippen molar-refractivity contribution in [3.8, 4) is 11.1 Å². The van der Waals surface area contributed by atoms with Gasteiger partial charge < -0.3 is 19.9 Å². The highest BCUT2D eigenvalue weighted by Crippen LogP contribution is 2.60. The molecule has 0 atom stereocenters. The number of nitrogens with one attached hydrogen (secondary N) is 1. The number of benzene rings is 2. The number of rotatable bonds is 4. The van der Waals surface area contributed by atoms with Gasteiger partial charge in [-0.15, -0.1) is 0 Å². The van der Waals surface area contributed by atoms with Crippen molar-refractivity contribution in [2.45, 2.75) is 49.3 Å². The lowest BCUT2D eigenvalue weighted by atomic mass is 9.62. The smallest absolute Gasteiger partial charge is 0.407 e. The maximum atomic E-state index is 12.6. The summed E-state index contributed by atoms with van der Waals surface area (Å²) in [6, 6.07) is 16.3. The summed E-state index contributed by atoms with van der Waals surface area (Å²) in [5.74, 6) is -0.994. The van der Waals surface area contributed by atoms with Crippen LogP contribution in [0.4, 0.5) is 4.79 Å². The van der Waals surface area contributed by atoms with Crippen LogP contribution < -0.4 is 5.32 Å². The number of aliphatic carboxylic acids is 1. The summed E-state index contributed by atoms with van der Waals surface area (Å²) in [5.41, 5.74) is 1.97. The van der Waals surface area contributed by atoms with Gasteiger partial charge in [0.15, 0.2) is 5.60 Å². The van der Waals surface area contributed by atoms with E-state index in [4.69, 9.17) is 9.47 Å². The van der Waals surface area contributed by atoms with Crippen LogP contribution in [-0.4, -0.2) is 40.5 Å². The Kier molecular flexibility index (Phi) is 3.65. The molecule has 2 N–H and O–H groups in total. The van der Waals surface area contributed by atoms with E-state index in [0.717, 1.165) is 11.1 Å². The molecule has 29 heavy (non-hydrogen) atoms. The molecule has 0 aromatic heterocycles. The van der Waals surface area contributed by atoms with E-state index in [1.54, 1.807) is 0 Å². The molecule has 0 spiro atoms. The first kappa shape index (κ1) is 18.2. The molecule has 2 aliphatic carbocycles. The molecule has 2 aromatic carbocycles. The normalized spacial score (nSPS) is 28.2. The van der Waals surface area contributed by atoms with E-state index in [1.165, 1.54) is 11.1 Å². The Morgan fingerprint density at radius 2 is 1.62 bits per heavy atom. The van der Waals surface area contributed by atoms with Crippen LogP contribution in [0.2, 0.25) is 0 Å². The van der Waals surface area contributed by atoms with E-state index in [0.29, 0.717) is 0 Å². The molecule has 2 aliphatic heterocycles. The lowest BCUT2D eigenvalue weighted by molar-refractivity contribution is -0.167. The second-order valence-electron chi connectivity index (χ2n) is 8.80. The van der Waals surface area contributed by atoms with E-state index < -0.39 is 28.8 Å². The SMILES string of the molecule is CC1(C)OC2(C(=O)O)CC1(NC(=O)OCC1c3ccccc3-c3ccccc31)C2. The molecule has 6 nitrogen and oxygen atoms in total. The van der Waals surface area contributed by atoms with Crippen molar-refractivity contribution in [1.29, 1.82) is 0 Å². The highest BCUT2D eigenvalue weighted by molar-refractivity contribution is 5.83. The minimum atomic E-state index is -1.19. The molecule has 2 heterocycles. The Bertz CT molecular complexity index is 976. The molecule has 1 saturated carbocycles. The number of hydrogen-bond donors (Lipinski definition) is 2. The zero-order valence-corrected chi connectivity index (χ0v) is 16.4. The Balaban J connectivity index is 1.31. The first-order chi connectivity index (χ1) is 13.8. The quantitative estimate of drug-likeness (QED) is 0.828. The molecular weight excluding hydrogens is 370 g/mol. The fraction of sp³-hybridized carbons (Fsp3) is 0.391. The monoisotopic (exact) mass is 393 g/mol. The van der Waals surface area contributed by atoms with Gasteiger partial charge in [0.2, 0.25) is 0 Å². The molecule has 2 bridgehead atoms. The fourth-order valence-corrected chi connectivity index (χ4v) is 5.27. The molecule has 6 rings (SSSR count). The molecule has 1 amide bonds. The number of carboxylic acids is 1. The maximum absolute atomic E-state index is 12.6. The third-order valence-corrected chi connectivity index (χ3v) is 6.85. The lowest BCUT2D eigenvalue weighted by Crippen LogP contribution is -2.66. The topological polar surface area (TPSA) is 84.9 Å². The largest absolute Gasteiger partial charge is 0.479 e. The van der Waals surface area contributed by atoms with Gasteiger partial charge in [0.1, 0.15) is 6.61 Å². The summed E-state index contributed by atoms with van der Waals surface area (Å²) >= 11 is 0. The predicted octanol–water partition coefficient (Wildman–Crippen LogP) is 3.69. The fourth-order valence-electron chi connectivity index (χ4n) is 5.27. The summed E-state index contributed by atoms with van der Waals surface area (Å²) in [4.78, 5) is 24.2. The number of carboxylic acid groups (broad SMARTS) is 1. The summed E-state index contributed by atoms with van der Waals surface area (Å²) in [6.45, 7) is 3.85. The molecule has 6 heteroatoms. The summed E-state index contributed by atoms with van der Waals surface area (Å²) in [6.07, 6.45) is -0.0246. The standard InChI is InChI=1S/C23H23NO5/c1-21(2)23(12-22(13-23,29-21)19(25)26)24-20(27)28-11-18-16-9-5-3-7-14(16)15-8-4-6-10-17(15)18/h3-10,18H,11-13H2,1-2H3,(H,24,27)(H,25,26). The number of carbonyl (C=O) groups excluding carboxylic acids is 1. The number of alkyl carbamates (subject to hydrolysis) is 1. The lowest BCUT2D eigenvalue weighted by Gasteiger charge is -2.44. The minimum absolute atomic E-state index is 0.0158. The Labute approximate surface area is 168 Å². The zero-order chi connectivity index (χ0) is 20.4. The third-order valence-electron chi connectivity index (χ3n) is 6.85. The van der Waals surface area contributed by atoms with Crippen LogP contribution in [-0.2, 0) is 14.3 Å². The summed E-state index contributed by atoms with van der Waals surface area (Å²) in [7, 11) is 0. The van der Waals surface area contributed by atoms with Crippen LogP contribution in [0, 0.1) is 0 Å². The molecule has 2 saturated heterocycles. The molecule has 4 aliphatic rings. The Morgan fingerprint density at radius 3 is 2.14 bits per heavy atom. The highest BCUT2D eigenvalue weighted by Gasteiger charge is 2.75. The first-order valence-corrected chi connectivity index (χ1v) is 9.84. The van der Waals surface area contributed by atoms with Gasteiger partial charge in [0.05, 0.1) is 11.1 Å². The number of ether oxygens (including phenoxy) is 2. The molecule has 2 aromatic rings. The van der Waals surface area contributed by atoms with Gasteiger partial charge in [-0.3, -0.25) is 0 Å². The summed E-state index contributed by atoms with van der Waals surface area (Å²) in [5, 5.41) is 12.4. The highest BCUT2D eigenvalue weighted by atomic mass is 16.6. The minimum Gasteiger partial charge on any atom is -0.479 e. The molecule has 150 valence electrons. The van der Waals surface area contributed by atoms with Crippen molar-refractivity contribution < 1.29 is 24.2 Å². The van der Waals surface area contributed by atoms with Crippen molar-refractivity contribution in [2.24, 2.45) is 0 Å². The summed E-state index contributed by atoms with van der Waals surface area (Å²) < 4.78 is 11.4. The van der Waals surface area contributed by atoms with Crippen LogP contribution in [0.25, 0.3) is 11.1 Å². The Morgan fingerprint density at radius 1 is 1.07 bits per heavy atom. The molecule has 0 radical (unpaired) electrons. The average molecular weight is 393 g/mol. The average Bonchev–Trinajstić information content (AvgIpc) is 3.18. The van der Waals surface area contributed by atoms with Gasteiger partial charge in [-0.1, -0.05) is 48.5 Å². The van der Waals surface area contributed by atoms with Crippen LogP contribution >= 0.6 is 0 Å². The van der Waals surface area contributed by atoms with Crippen molar-refractivity contribution in [3.05, 3.63) is 59.7 Å². The zero-order valence-electron chi connectivity index (χ0n) is 16.4. The Hall–Kier alpha value is -2.86. The maximum Gasteiger partial charge on any atom is 0.407 e. The van der Waals surface area contributed by atoms with Gasteiger partial charge >= 0.3 is 12.1 Å². The number of amides is 1. The number of hydrogen-bond acceptors (Lipinski definition) is 4. The van der Waals surface area contributed by atoms with Crippen LogP contribution in [0.3, 0.4) is 0 Å². The predicted molar refractivity (Wildman–Crippen MR) is 106 cm³/mol. The first-order valence-electron chi connectivity index (χ1n) is 9.84. The number of fused-ring (bicyclic) bond motifs is 4. The van der Waals surface area contributed by atoms with E-state index in [-0.39, 0.29) is 25.4 Å². The van der Waals surface area contributed by atoms with Crippen molar-refractivity contribution >= 4 is 12.1 Å². The van der Waals surface area contributed by atoms with Crippen molar-refractivity contribution in [2.75, 3.05) is 6.61 Å². The molecule has 3 fully saturated rings. The van der Waals surface area contributed by atoms with Crippen molar-refractivity contribution in [1.82, 2.24) is 5.32 Å². The molecular formula is C23H23NO5. The second kappa shape index (κ2) is 5.83. The van der Waals surface area contributed by atoms with Crippen molar-refractivity contribution in [3.63, 3.8) is 0 Å². The van der Waals surface area contributed by atoms with Gasteiger partial charge in [-0.05, 0) is 36.1 Å². The van der Waals surface area contributed by atoms with Gasteiger partial charge in [0.25, 0.3) is 0 Å². The van der Waals surface area contributed by atoms with Crippen LogP contribution in [0.15, 0.2) is 48.5 Å². The van der Waals surface area contributed by atoms with E-state index in [9.17, 15) is 14.7 Å². The molecule has 0 unspecified atom stereocenters. The van der Waals surface area contributed by atoms with Gasteiger partial charge in [-0.25, -0.2) is 9.59 Å². The third kappa shape index (κ3) is 2.45. The second-order valence-corrected chi connectivity index (χ2v) is 8.80. The van der Waals surface area contributed by atoms with Gasteiger partial charge in [0, 0.05) is 18.8 Å². The van der Waals surface area contributed by atoms with Crippen LogP contribution in [0.1, 0.15) is 43.7 Å². The van der Waals surface area contributed by atoms with E-state index in [2.05, 4.69) is 29.6 Å². The van der Waals surface area contributed by atoms with E-state index in [1.807, 2.05) is 38.1 Å². The van der Waals surface area contributed by atoms with Crippen LogP contribution in [0.5, 0.6) is 0 Å². The van der Waals surface area contributed by atoms with Gasteiger partial charge in [-0.2, -0.15) is 0 Å². The van der Waals surface area contributed by atoms with E-state index >= 15 is 0 Å². The number of carbonyl (C=O) groups is 2.